The average molecular weight is 717 g/mol. The number of rotatable bonds is 11. The SMILES string of the molecule is CCC(C)(C)c1cc(C)c(-c2sc(-c3ccc(C(=O)c4c(F)c(F)c(C(=O)c5ccc(C(C)(CC)CC)s5)c(F)c4F)s3)cc2C)s1. The second-order valence-corrected chi connectivity index (χ2v) is 17.0. The first-order valence-electron chi connectivity index (χ1n) is 15.5. The van der Waals surface area contributed by atoms with Crippen LogP contribution in [-0.4, -0.2) is 11.6 Å². The van der Waals surface area contributed by atoms with Crippen LogP contribution in [0.1, 0.15) is 112 Å². The van der Waals surface area contributed by atoms with E-state index in [0.717, 1.165) is 62.1 Å². The van der Waals surface area contributed by atoms with Gasteiger partial charge in [0.2, 0.25) is 11.6 Å². The first-order chi connectivity index (χ1) is 22.1. The monoisotopic (exact) mass is 716 g/mol. The molecule has 4 heterocycles. The molecule has 5 aromatic rings. The van der Waals surface area contributed by atoms with Crippen molar-refractivity contribution in [2.24, 2.45) is 0 Å². The zero-order valence-electron chi connectivity index (χ0n) is 27.5. The fourth-order valence-corrected chi connectivity index (χ4v) is 10.3. The highest BCUT2D eigenvalue weighted by molar-refractivity contribution is 7.27. The molecule has 0 amide bonds. The molecular formula is C37H36F4O2S4. The normalized spacial score (nSPS) is 12.3. The Hall–Kier alpha value is -2.92. The topological polar surface area (TPSA) is 34.1 Å². The molecule has 0 N–H and O–H groups in total. The van der Waals surface area contributed by atoms with Crippen LogP contribution in [0.2, 0.25) is 0 Å². The van der Waals surface area contributed by atoms with Crippen LogP contribution in [0.5, 0.6) is 0 Å². The molecule has 0 bridgehead atoms. The lowest BCUT2D eigenvalue weighted by atomic mass is 9.83. The molecule has 47 heavy (non-hydrogen) atoms. The molecule has 0 saturated heterocycles. The van der Waals surface area contributed by atoms with Crippen molar-refractivity contribution in [1.82, 2.24) is 0 Å². The Kier molecular flexibility index (Phi) is 9.92. The number of benzene rings is 1. The number of thiophene rings is 4. The van der Waals surface area contributed by atoms with Crippen molar-refractivity contribution in [3.63, 3.8) is 0 Å². The molecule has 2 nitrogen and oxygen atoms in total. The summed E-state index contributed by atoms with van der Waals surface area (Å²) in [6, 6.07) is 10.4. The Balaban J connectivity index is 1.46. The number of hydrogen-bond acceptors (Lipinski definition) is 6. The van der Waals surface area contributed by atoms with Crippen molar-refractivity contribution in [2.75, 3.05) is 0 Å². The van der Waals surface area contributed by atoms with E-state index in [9.17, 15) is 9.59 Å². The third-order valence-electron chi connectivity index (χ3n) is 9.37. The molecule has 0 saturated carbocycles. The van der Waals surface area contributed by atoms with Crippen LogP contribution in [0, 0.1) is 37.1 Å². The highest BCUT2D eigenvalue weighted by atomic mass is 32.1. The van der Waals surface area contributed by atoms with Gasteiger partial charge in [0.05, 0.1) is 9.75 Å². The molecule has 10 heteroatoms. The summed E-state index contributed by atoms with van der Waals surface area (Å²) in [5.74, 6) is -9.90. The predicted octanol–water partition coefficient (Wildman–Crippen LogP) is 12.7. The van der Waals surface area contributed by atoms with E-state index in [0.29, 0.717) is 4.88 Å². The molecule has 0 radical (unpaired) electrons. The Morgan fingerprint density at radius 2 is 1.09 bits per heavy atom. The second kappa shape index (κ2) is 13.2. The van der Waals surface area contributed by atoms with Gasteiger partial charge >= 0.3 is 0 Å². The van der Waals surface area contributed by atoms with Crippen LogP contribution in [0.15, 0.2) is 36.4 Å². The van der Waals surface area contributed by atoms with Crippen molar-refractivity contribution >= 4 is 56.9 Å². The summed E-state index contributed by atoms with van der Waals surface area (Å²) < 4.78 is 61.5. The van der Waals surface area contributed by atoms with Gasteiger partial charge < -0.3 is 0 Å². The fourth-order valence-electron chi connectivity index (χ4n) is 5.30. The quantitative estimate of drug-likeness (QED) is 0.0775. The molecule has 0 fully saturated rings. The molecule has 0 spiro atoms. The first-order valence-corrected chi connectivity index (χ1v) is 18.7. The largest absolute Gasteiger partial charge is 0.287 e. The minimum atomic E-state index is -1.89. The third kappa shape index (κ3) is 6.22. The van der Waals surface area contributed by atoms with Crippen molar-refractivity contribution in [1.29, 1.82) is 0 Å². The van der Waals surface area contributed by atoms with Gasteiger partial charge in [-0.15, -0.1) is 45.3 Å². The summed E-state index contributed by atoms with van der Waals surface area (Å²) in [6.07, 6.45) is 2.55. The molecule has 0 aliphatic rings. The highest BCUT2D eigenvalue weighted by Crippen LogP contribution is 2.47. The minimum Gasteiger partial charge on any atom is -0.287 e. The van der Waals surface area contributed by atoms with Crippen LogP contribution in [0.4, 0.5) is 17.6 Å². The lowest BCUT2D eigenvalue weighted by molar-refractivity contribution is 0.101. The van der Waals surface area contributed by atoms with E-state index < -0.39 is 46.0 Å². The van der Waals surface area contributed by atoms with Gasteiger partial charge in [-0.1, -0.05) is 41.5 Å². The third-order valence-corrected chi connectivity index (χ3v) is 15.0. The summed E-state index contributed by atoms with van der Waals surface area (Å²) in [4.78, 5) is 32.4. The van der Waals surface area contributed by atoms with Crippen molar-refractivity contribution < 1.29 is 27.2 Å². The smallest absolute Gasteiger partial charge is 0.209 e. The van der Waals surface area contributed by atoms with Crippen molar-refractivity contribution in [3.05, 3.63) is 101 Å². The van der Waals surface area contributed by atoms with Crippen LogP contribution in [-0.2, 0) is 10.8 Å². The molecule has 0 atom stereocenters. The maximum atomic E-state index is 15.4. The molecule has 4 aromatic heterocycles. The minimum absolute atomic E-state index is 0.0413. The van der Waals surface area contributed by atoms with Crippen molar-refractivity contribution in [2.45, 2.75) is 85.5 Å². The zero-order valence-corrected chi connectivity index (χ0v) is 30.8. The van der Waals surface area contributed by atoms with Crippen molar-refractivity contribution in [3.8, 4) is 19.5 Å². The summed E-state index contributed by atoms with van der Waals surface area (Å²) >= 11 is 5.36. The Labute approximate surface area is 289 Å². The zero-order chi connectivity index (χ0) is 34.6. The molecule has 0 aliphatic heterocycles. The van der Waals surface area contributed by atoms with Gasteiger partial charge in [0, 0.05) is 34.7 Å². The van der Waals surface area contributed by atoms with Crippen LogP contribution >= 0.6 is 45.3 Å². The molecular weight excluding hydrogens is 681 g/mol. The van der Waals surface area contributed by atoms with E-state index in [1.165, 1.54) is 27.5 Å². The summed E-state index contributed by atoms with van der Waals surface area (Å²) in [5.41, 5.74) is -0.660. The number of hydrogen-bond donors (Lipinski definition) is 0. The van der Waals surface area contributed by atoms with E-state index in [1.807, 2.05) is 33.8 Å². The lowest BCUT2D eigenvalue weighted by Gasteiger charge is -2.24. The van der Waals surface area contributed by atoms with E-state index in [2.05, 4.69) is 33.8 Å². The van der Waals surface area contributed by atoms with Gasteiger partial charge in [-0.05, 0) is 86.1 Å². The maximum absolute atomic E-state index is 15.4. The summed E-state index contributed by atoms with van der Waals surface area (Å²) in [7, 11) is 0. The number of halogens is 4. The first kappa shape index (κ1) is 35.4. The number of carbonyl (C=O) groups excluding carboxylic acids is 2. The Morgan fingerprint density at radius 1 is 0.596 bits per heavy atom. The summed E-state index contributed by atoms with van der Waals surface area (Å²) in [5, 5.41) is 0. The standard InChI is InChI=1S/C37H36F4O2S4/c1-9-36(6,7)25-17-19(5)35(47-25)34-18(4)16-23(46-34)20-12-13-21(44-20)32(42)26-28(38)30(40)27(31(41)29(26)39)33(43)22-14-15-24(45-22)37(8,10-2)11-3/h12-17H,9-11H2,1-8H3. The second-order valence-electron chi connectivity index (χ2n) is 12.7. The van der Waals surface area contributed by atoms with Gasteiger partial charge in [0.25, 0.3) is 0 Å². The van der Waals surface area contributed by atoms with E-state index in [4.69, 9.17) is 0 Å². The highest BCUT2D eigenvalue weighted by Gasteiger charge is 2.35. The number of carbonyl (C=O) groups is 2. The van der Waals surface area contributed by atoms with Gasteiger partial charge in [0.1, 0.15) is 11.1 Å². The van der Waals surface area contributed by atoms with E-state index in [1.54, 1.807) is 34.8 Å². The molecule has 1 aromatic carbocycles. The van der Waals surface area contributed by atoms with Gasteiger partial charge in [-0.2, -0.15) is 0 Å². The molecule has 5 rings (SSSR count). The van der Waals surface area contributed by atoms with E-state index in [-0.39, 0.29) is 20.6 Å². The number of aryl methyl sites for hydroxylation is 2. The Bertz CT molecular complexity index is 1970. The molecule has 0 aliphatic carbocycles. The fraction of sp³-hybridized carbons (Fsp3) is 0.351. The van der Waals surface area contributed by atoms with Crippen LogP contribution in [0.3, 0.4) is 0 Å². The van der Waals surface area contributed by atoms with Crippen LogP contribution in [0.25, 0.3) is 19.5 Å². The Morgan fingerprint density at radius 3 is 1.62 bits per heavy atom. The average Bonchev–Trinajstić information content (AvgIpc) is 3.86. The summed E-state index contributed by atoms with van der Waals surface area (Å²) in [6.45, 7) is 16.7. The number of ketones is 2. The van der Waals surface area contributed by atoms with Crippen LogP contribution < -0.4 is 0 Å². The van der Waals surface area contributed by atoms with Gasteiger partial charge in [-0.25, -0.2) is 17.6 Å². The van der Waals surface area contributed by atoms with Gasteiger partial charge in [-0.3, -0.25) is 9.59 Å². The molecule has 248 valence electrons. The lowest BCUT2D eigenvalue weighted by Crippen LogP contribution is -2.18. The predicted molar refractivity (Wildman–Crippen MR) is 189 cm³/mol. The van der Waals surface area contributed by atoms with Gasteiger partial charge in [0.15, 0.2) is 23.3 Å². The maximum Gasteiger partial charge on any atom is 0.209 e. The van der Waals surface area contributed by atoms with E-state index >= 15 is 17.6 Å². The molecule has 0 unspecified atom stereocenters.